The molecule has 1 unspecified atom stereocenters. The Kier molecular flexibility index (Phi) is 5.56. The monoisotopic (exact) mass is 294 g/mol. The summed E-state index contributed by atoms with van der Waals surface area (Å²) in [5.41, 5.74) is 0.895. The molecule has 0 aromatic heterocycles. The van der Waals surface area contributed by atoms with Gasteiger partial charge in [0.2, 0.25) is 0 Å². The summed E-state index contributed by atoms with van der Waals surface area (Å²) in [6.45, 7) is 4.02. The summed E-state index contributed by atoms with van der Waals surface area (Å²) in [4.78, 5) is 13.9. The van der Waals surface area contributed by atoms with Gasteiger partial charge in [-0.2, -0.15) is 0 Å². The van der Waals surface area contributed by atoms with Crippen molar-refractivity contribution in [3.8, 4) is 0 Å². The van der Waals surface area contributed by atoms with Crippen LogP contribution < -0.4 is 10.2 Å². The molecule has 1 atom stereocenters. The van der Waals surface area contributed by atoms with E-state index in [2.05, 4.69) is 5.32 Å². The molecular formula is C16H23FN2O2. The van der Waals surface area contributed by atoms with Gasteiger partial charge in [-0.25, -0.2) is 4.39 Å². The molecule has 2 rings (SSSR count). The fourth-order valence-electron chi connectivity index (χ4n) is 2.52. The number of carbonyl (C=O) groups is 1. The van der Waals surface area contributed by atoms with Crippen molar-refractivity contribution >= 4 is 11.6 Å². The van der Waals surface area contributed by atoms with Crippen molar-refractivity contribution in [3.63, 3.8) is 0 Å². The molecule has 1 aromatic rings. The summed E-state index contributed by atoms with van der Waals surface area (Å²) >= 11 is 0. The molecule has 1 aromatic carbocycles. The molecule has 1 aliphatic heterocycles. The number of aliphatic hydroxyl groups excluding tert-OH is 1. The molecule has 5 heteroatoms. The van der Waals surface area contributed by atoms with E-state index in [1.54, 1.807) is 12.1 Å². The lowest BCUT2D eigenvalue weighted by Gasteiger charge is -2.18. The number of benzene rings is 1. The maximum absolute atomic E-state index is 14.1. The Bertz CT molecular complexity index is 487. The molecule has 1 aliphatic rings. The highest BCUT2D eigenvalue weighted by Gasteiger charge is 2.17. The number of rotatable bonds is 6. The number of hydrogen-bond acceptors (Lipinski definition) is 3. The maximum Gasteiger partial charge on any atom is 0.251 e. The van der Waals surface area contributed by atoms with Crippen molar-refractivity contribution in [3.05, 3.63) is 29.6 Å². The molecule has 116 valence electrons. The van der Waals surface area contributed by atoms with E-state index < -0.39 is 6.10 Å². The van der Waals surface area contributed by atoms with E-state index in [9.17, 15) is 14.3 Å². The second-order valence-electron chi connectivity index (χ2n) is 5.47. The van der Waals surface area contributed by atoms with Crippen LogP contribution in [-0.2, 0) is 0 Å². The number of carbonyl (C=O) groups excluding carboxylic acids is 1. The minimum absolute atomic E-state index is 0.301. The molecule has 0 radical (unpaired) electrons. The van der Waals surface area contributed by atoms with Crippen molar-refractivity contribution in [2.75, 3.05) is 24.5 Å². The molecule has 4 nitrogen and oxygen atoms in total. The van der Waals surface area contributed by atoms with Crippen LogP contribution in [0.15, 0.2) is 18.2 Å². The third-order valence-electron chi connectivity index (χ3n) is 3.89. The second kappa shape index (κ2) is 7.41. The first-order valence-corrected chi connectivity index (χ1v) is 7.62. The standard InChI is InChI=1S/C16H23FN2O2/c1-2-13(20)7-8-18-16(21)12-5-6-15(14(17)11-12)19-9-3-4-10-19/h5-6,11,13,20H,2-4,7-10H2,1H3,(H,18,21). The van der Waals surface area contributed by atoms with Crippen LogP contribution in [0.3, 0.4) is 0 Å². The zero-order valence-electron chi connectivity index (χ0n) is 12.4. The molecule has 0 bridgehead atoms. The highest BCUT2D eigenvalue weighted by atomic mass is 19.1. The summed E-state index contributed by atoms with van der Waals surface area (Å²) in [5, 5.41) is 12.1. The third kappa shape index (κ3) is 4.17. The average molecular weight is 294 g/mol. The van der Waals surface area contributed by atoms with Crippen molar-refractivity contribution < 1.29 is 14.3 Å². The van der Waals surface area contributed by atoms with E-state index in [1.807, 2.05) is 11.8 Å². The Morgan fingerprint density at radius 2 is 2.14 bits per heavy atom. The lowest BCUT2D eigenvalue weighted by molar-refractivity contribution is 0.0941. The van der Waals surface area contributed by atoms with Crippen molar-refractivity contribution in [1.82, 2.24) is 5.32 Å². The van der Waals surface area contributed by atoms with E-state index in [0.29, 0.717) is 30.6 Å². The number of nitrogens with zero attached hydrogens (tertiary/aromatic N) is 1. The van der Waals surface area contributed by atoms with Gasteiger partial charge in [0.1, 0.15) is 5.82 Å². The summed E-state index contributed by atoms with van der Waals surface area (Å²) in [6, 6.07) is 4.62. The molecule has 0 aliphatic carbocycles. The number of hydrogen-bond donors (Lipinski definition) is 2. The number of aliphatic hydroxyl groups is 1. The number of halogens is 1. The van der Waals surface area contributed by atoms with Crippen LogP contribution in [0.2, 0.25) is 0 Å². The van der Waals surface area contributed by atoms with Crippen LogP contribution in [-0.4, -0.2) is 36.8 Å². The molecule has 1 fully saturated rings. The molecule has 0 spiro atoms. The fourth-order valence-corrected chi connectivity index (χ4v) is 2.52. The van der Waals surface area contributed by atoms with Crippen LogP contribution in [0.1, 0.15) is 43.0 Å². The van der Waals surface area contributed by atoms with E-state index in [4.69, 9.17) is 0 Å². The van der Waals surface area contributed by atoms with Crippen LogP contribution in [0, 0.1) is 5.82 Å². The summed E-state index contributed by atoms with van der Waals surface area (Å²) in [6.07, 6.45) is 2.94. The van der Waals surface area contributed by atoms with Gasteiger partial charge in [0.25, 0.3) is 5.91 Å². The molecule has 1 saturated heterocycles. The Morgan fingerprint density at radius 3 is 2.76 bits per heavy atom. The lowest BCUT2D eigenvalue weighted by atomic mass is 10.1. The average Bonchev–Trinajstić information content (AvgIpc) is 3.00. The minimum atomic E-state index is -0.403. The quantitative estimate of drug-likeness (QED) is 0.846. The molecular weight excluding hydrogens is 271 g/mol. The highest BCUT2D eigenvalue weighted by molar-refractivity contribution is 5.94. The predicted molar refractivity (Wildman–Crippen MR) is 81.1 cm³/mol. The number of amides is 1. The summed E-state index contributed by atoms with van der Waals surface area (Å²) in [5.74, 6) is -0.650. The minimum Gasteiger partial charge on any atom is -0.393 e. The van der Waals surface area contributed by atoms with Gasteiger partial charge in [-0.15, -0.1) is 0 Å². The Balaban J connectivity index is 1.94. The topological polar surface area (TPSA) is 52.6 Å². The maximum atomic E-state index is 14.1. The third-order valence-corrected chi connectivity index (χ3v) is 3.89. The van der Waals surface area contributed by atoms with Gasteiger partial charge in [0.05, 0.1) is 11.8 Å². The van der Waals surface area contributed by atoms with Crippen molar-refractivity contribution in [2.24, 2.45) is 0 Å². The van der Waals surface area contributed by atoms with Crippen LogP contribution in [0.4, 0.5) is 10.1 Å². The zero-order valence-corrected chi connectivity index (χ0v) is 12.4. The highest BCUT2D eigenvalue weighted by Crippen LogP contribution is 2.24. The Hall–Kier alpha value is -1.62. The second-order valence-corrected chi connectivity index (χ2v) is 5.47. The fraction of sp³-hybridized carbons (Fsp3) is 0.562. The molecule has 1 amide bonds. The normalized spacial score (nSPS) is 16.0. The first-order valence-electron chi connectivity index (χ1n) is 7.62. The van der Waals surface area contributed by atoms with Gasteiger partial charge in [-0.05, 0) is 43.9 Å². The van der Waals surface area contributed by atoms with E-state index in [-0.39, 0.29) is 11.7 Å². The van der Waals surface area contributed by atoms with Gasteiger partial charge < -0.3 is 15.3 Å². The number of anilines is 1. The van der Waals surface area contributed by atoms with Crippen LogP contribution in [0.5, 0.6) is 0 Å². The number of nitrogens with one attached hydrogen (secondary N) is 1. The summed E-state index contributed by atoms with van der Waals surface area (Å²) in [7, 11) is 0. The molecule has 1 heterocycles. The lowest BCUT2D eigenvalue weighted by Crippen LogP contribution is -2.27. The van der Waals surface area contributed by atoms with Gasteiger partial charge in [-0.1, -0.05) is 6.92 Å². The molecule has 21 heavy (non-hydrogen) atoms. The van der Waals surface area contributed by atoms with Gasteiger partial charge >= 0.3 is 0 Å². The first-order chi connectivity index (χ1) is 10.1. The molecule has 0 saturated carbocycles. The molecule has 2 N–H and O–H groups in total. The SMILES string of the molecule is CCC(O)CCNC(=O)c1ccc(N2CCCC2)c(F)c1. The van der Waals surface area contributed by atoms with E-state index in [0.717, 1.165) is 25.9 Å². The summed E-state index contributed by atoms with van der Waals surface area (Å²) < 4.78 is 14.1. The smallest absolute Gasteiger partial charge is 0.251 e. The zero-order chi connectivity index (χ0) is 15.2. The Morgan fingerprint density at radius 1 is 1.43 bits per heavy atom. The van der Waals surface area contributed by atoms with Crippen molar-refractivity contribution in [2.45, 2.75) is 38.7 Å². The van der Waals surface area contributed by atoms with Gasteiger partial charge in [0.15, 0.2) is 0 Å². The van der Waals surface area contributed by atoms with Gasteiger partial charge in [-0.3, -0.25) is 4.79 Å². The predicted octanol–water partition coefficient (Wildman–Crippen LogP) is 2.32. The van der Waals surface area contributed by atoms with E-state index >= 15 is 0 Å². The van der Waals surface area contributed by atoms with Crippen LogP contribution >= 0.6 is 0 Å². The van der Waals surface area contributed by atoms with Crippen molar-refractivity contribution in [1.29, 1.82) is 0 Å². The largest absolute Gasteiger partial charge is 0.393 e. The first kappa shape index (κ1) is 15.8. The Labute approximate surface area is 125 Å². The van der Waals surface area contributed by atoms with Crippen LogP contribution in [0.25, 0.3) is 0 Å². The van der Waals surface area contributed by atoms with Gasteiger partial charge in [0, 0.05) is 25.2 Å². The van der Waals surface area contributed by atoms with E-state index in [1.165, 1.54) is 6.07 Å².